The first kappa shape index (κ1) is 15.7. The molecule has 124 valence electrons. The van der Waals surface area contributed by atoms with Crippen molar-refractivity contribution in [2.75, 3.05) is 46.8 Å². The smallest absolute Gasteiger partial charge is 0.260 e. The Morgan fingerprint density at radius 2 is 1.95 bits per heavy atom. The van der Waals surface area contributed by atoms with Gasteiger partial charge in [-0.3, -0.25) is 9.59 Å². The van der Waals surface area contributed by atoms with Crippen molar-refractivity contribution in [1.29, 1.82) is 0 Å². The van der Waals surface area contributed by atoms with Gasteiger partial charge in [0, 0.05) is 32.7 Å². The molecule has 2 amide bonds. The lowest BCUT2D eigenvalue weighted by atomic mass is 9.78. The van der Waals surface area contributed by atoms with E-state index < -0.39 is 11.1 Å². The molecular weight excluding hydrogens is 285 g/mol. The van der Waals surface area contributed by atoms with Crippen LogP contribution in [0.15, 0.2) is 0 Å². The number of halogens is 1. The predicted octanol–water partition coefficient (Wildman–Crippen LogP) is 0.891. The number of nitrogens with zero attached hydrogens (tertiary/aromatic N) is 3. The topological polar surface area (TPSA) is 43.9 Å². The molecule has 1 atom stereocenters. The third-order valence-corrected chi connectivity index (χ3v) is 5.35. The van der Waals surface area contributed by atoms with Gasteiger partial charge in [0.2, 0.25) is 5.91 Å². The molecule has 6 heteroatoms. The van der Waals surface area contributed by atoms with E-state index >= 15 is 0 Å². The van der Waals surface area contributed by atoms with Crippen molar-refractivity contribution in [3.8, 4) is 0 Å². The largest absolute Gasteiger partial charge is 0.341 e. The zero-order chi connectivity index (χ0) is 16.0. The normalized spacial score (nSPS) is 30.5. The van der Waals surface area contributed by atoms with Crippen LogP contribution in [0.5, 0.6) is 0 Å². The molecule has 2 saturated heterocycles. The summed E-state index contributed by atoms with van der Waals surface area (Å²) in [6, 6.07) is 0. The van der Waals surface area contributed by atoms with Crippen molar-refractivity contribution in [1.82, 2.24) is 14.7 Å². The van der Waals surface area contributed by atoms with Crippen LogP contribution in [0, 0.1) is 5.41 Å². The maximum Gasteiger partial charge on any atom is 0.260 e. The maximum atomic E-state index is 14.0. The predicted molar refractivity (Wildman–Crippen MR) is 81.1 cm³/mol. The molecular formula is C16H26FN3O2. The van der Waals surface area contributed by atoms with E-state index in [2.05, 4.69) is 4.90 Å². The quantitative estimate of drug-likeness (QED) is 0.774. The van der Waals surface area contributed by atoms with Crippen molar-refractivity contribution >= 4 is 11.8 Å². The van der Waals surface area contributed by atoms with Crippen LogP contribution in [0.4, 0.5) is 4.39 Å². The molecule has 22 heavy (non-hydrogen) atoms. The van der Waals surface area contributed by atoms with E-state index in [0.29, 0.717) is 25.9 Å². The van der Waals surface area contributed by atoms with Crippen molar-refractivity contribution < 1.29 is 14.0 Å². The molecule has 0 radical (unpaired) electrons. The number of likely N-dealkylation sites (N-methyl/N-ethyl adjacent to an activating group) is 1. The van der Waals surface area contributed by atoms with E-state index in [1.807, 2.05) is 19.0 Å². The van der Waals surface area contributed by atoms with Crippen LogP contribution < -0.4 is 0 Å². The van der Waals surface area contributed by atoms with Crippen molar-refractivity contribution in [2.45, 2.75) is 37.8 Å². The summed E-state index contributed by atoms with van der Waals surface area (Å²) in [6.07, 6.45) is 3.11. The lowest BCUT2D eigenvalue weighted by Crippen LogP contribution is -2.52. The second-order valence-corrected chi connectivity index (χ2v) is 7.42. The van der Waals surface area contributed by atoms with Crippen LogP contribution in [-0.4, -0.2) is 79.0 Å². The lowest BCUT2D eigenvalue weighted by Gasteiger charge is -2.39. The van der Waals surface area contributed by atoms with Gasteiger partial charge >= 0.3 is 0 Å². The van der Waals surface area contributed by atoms with Gasteiger partial charge in [0.1, 0.15) is 0 Å². The van der Waals surface area contributed by atoms with Gasteiger partial charge in [0.15, 0.2) is 5.67 Å². The van der Waals surface area contributed by atoms with Gasteiger partial charge in [-0.2, -0.15) is 0 Å². The Hall–Kier alpha value is -1.17. The van der Waals surface area contributed by atoms with Gasteiger partial charge < -0.3 is 14.7 Å². The molecule has 3 fully saturated rings. The standard InChI is InChI=1S/C16H26FN3O2/c1-18(2)10-11-19-9-7-15(13(19)21)4-3-8-20(12-15)14(22)16(17)5-6-16/h3-12H2,1-2H3. The highest BCUT2D eigenvalue weighted by molar-refractivity contribution is 5.90. The summed E-state index contributed by atoms with van der Waals surface area (Å²) in [5.74, 6) is -0.221. The lowest BCUT2D eigenvalue weighted by molar-refractivity contribution is -0.147. The van der Waals surface area contributed by atoms with Crippen LogP contribution in [0.25, 0.3) is 0 Å². The van der Waals surface area contributed by atoms with Crippen LogP contribution >= 0.6 is 0 Å². The Kier molecular flexibility index (Phi) is 3.91. The molecule has 5 nitrogen and oxygen atoms in total. The molecule has 0 N–H and O–H groups in total. The second kappa shape index (κ2) is 5.48. The molecule has 2 heterocycles. The Bertz CT molecular complexity index is 478. The first-order valence-corrected chi connectivity index (χ1v) is 8.29. The Morgan fingerprint density at radius 1 is 1.23 bits per heavy atom. The van der Waals surface area contributed by atoms with Gasteiger partial charge in [0.25, 0.3) is 5.91 Å². The molecule has 1 aliphatic carbocycles. The van der Waals surface area contributed by atoms with E-state index in [9.17, 15) is 14.0 Å². The van der Waals surface area contributed by atoms with Crippen LogP contribution in [0.3, 0.4) is 0 Å². The fraction of sp³-hybridized carbons (Fsp3) is 0.875. The summed E-state index contributed by atoms with van der Waals surface area (Å²) in [6.45, 7) is 3.34. The number of carbonyl (C=O) groups excluding carboxylic acids is 2. The maximum absolute atomic E-state index is 14.0. The number of hydrogen-bond acceptors (Lipinski definition) is 3. The van der Waals surface area contributed by atoms with Gasteiger partial charge in [0.05, 0.1) is 5.41 Å². The van der Waals surface area contributed by atoms with Crippen molar-refractivity contribution in [2.24, 2.45) is 5.41 Å². The first-order valence-electron chi connectivity index (χ1n) is 8.29. The molecule has 2 aliphatic heterocycles. The summed E-state index contributed by atoms with van der Waals surface area (Å²) in [4.78, 5) is 30.6. The number of likely N-dealkylation sites (tertiary alicyclic amines) is 2. The number of alkyl halides is 1. The van der Waals surface area contributed by atoms with Gasteiger partial charge in [-0.15, -0.1) is 0 Å². The van der Waals surface area contributed by atoms with Crippen molar-refractivity contribution in [3.05, 3.63) is 0 Å². The van der Waals surface area contributed by atoms with E-state index in [4.69, 9.17) is 0 Å². The highest BCUT2D eigenvalue weighted by atomic mass is 19.1. The van der Waals surface area contributed by atoms with Crippen LogP contribution in [0.1, 0.15) is 32.1 Å². The number of carbonyl (C=O) groups is 2. The minimum absolute atomic E-state index is 0.163. The fourth-order valence-electron chi connectivity index (χ4n) is 3.72. The summed E-state index contributed by atoms with van der Waals surface area (Å²) in [5.41, 5.74) is -2.07. The summed E-state index contributed by atoms with van der Waals surface area (Å²) in [7, 11) is 3.99. The van der Waals surface area contributed by atoms with E-state index in [1.165, 1.54) is 0 Å². The van der Waals surface area contributed by atoms with Gasteiger partial charge in [-0.25, -0.2) is 4.39 Å². The zero-order valence-corrected chi connectivity index (χ0v) is 13.6. The molecule has 3 rings (SSSR count). The molecule has 1 unspecified atom stereocenters. The molecule has 0 aromatic heterocycles. The van der Waals surface area contributed by atoms with E-state index in [1.54, 1.807) is 4.90 Å². The molecule has 3 aliphatic rings. The van der Waals surface area contributed by atoms with Crippen LogP contribution in [0.2, 0.25) is 0 Å². The highest BCUT2D eigenvalue weighted by Gasteiger charge is 2.56. The molecule has 1 spiro atoms. The highest BCUT2D eigenvalue weighted by Crippen LogP contribution is 2.45. The third-order valence-electron chi connectivity index (χ3n) is 5.35. The molecule has 0 bridgehead atoms. The summed E-state index contributed by atoms with van der Waals surface area (Å²) in [5, 5.41) is 0. The average molecular weight is 311 g/mol. The van der Waals surface area contributed by atoms with E-state index in [-0.39, 0.29) is 11.8 Å². The number of amides is 2. The Balaban J connectivity index is 1.65. The molecule has 0 aromatic carbocycles. The van der Waals surface area contributed by atoms with Gasteiger partial charge in [-0.05, 0) is 46.2 Å². The summed E-state index contributed by atoms with van der Waals surface area (Å²) >= 11 is 0. The molecule has 0 aromatic rings. The second-order valence-electron chi connectivity index (χ2n) is 7.42. The Labute approximate surface area is 131 Å². The Morgan fingerprint density at radius 3 is 2.59 bits per heavy atom. The zero-order valence-electron chi connectivity index (χ0n) is 13.6. The first-order chi connectivity index (χ1) is 10.4. The third kappa shape index (κ3) is 2.73. The molecule has 1 saturated carbocycles. The minimum Gasteiger partial charge on any atom is -0.341 e. The van der Waals surface area contributed by atoms with Crippen molar-refractivity contribution in [3.63, 3.8) is 0 Å². The fourth-order valence-corrected chi connectivity index (χ4v) is 3.72. The summed E-state index contributed by atoms with van der Waals surface area (Å²) < 4.78 is 14.0. The average Bonchev–Trinajstić information content (AvgIpc) is 3.18. The monoisotopic (exact) mass is 311 g/mol. The van der Waals surface area contributed by atoms with Crippen LogP contribution in [-0.2, 0) is 9.59 Å². The van der Waals surface area contributed by atoms with E-state index in [0.717, 1.165) is 38.9 Å². The number of hydrogen-bond donors (Lipinski definition) is 0. The number of piperidine rings is 1. The SMILES string of the molecule is CN(C)CCN1CCC2(CCCN(C(=O)C3(F)CC3)C2)C1=O. The number of rotatable bonds is 4. The van der Waals surface area contributed by atoms with Gasteiger partial charge in [-0.1, -0.05) is 0 Å². The minimum atomic E-state index is -1.62.